The third kappa shape index (κ3) is 1.06. The van der Waals surface area contributed by atoms with Gasteiger partial charge in [0, 0.05) is 0 Å². The van der Waals surface area contributed by atoms with Crippen LogP contribution in [0.25, 0.3) is 0 Å². The number of aryl methyl sites for hydroxylation is 1. The predicted molar refractivity (Wildman–Crippen MR) is 25.0 cm³/mol. The van der Waals surface area contributed by atoms with Gasteiger partial charge < -0.3 is 0 Å². The van der Waals surface area contributed by atoms with E-state index in [0.29, 0.717) is 5.82 Å². The zero-order chi connectivity index (χ0) is 6.15. The van der Waals surface area contributed by atoms with Crippen LogP contribution >= 0.6 is 0 Å². The van der Waals surface area contributed by atoms with Crippen LogP contribution in [-0.2, 0) is 38.0 Å². The average Bonchev–Trinajstić information content (AvgIpc) is 1.85. The van der Waals surface area contributed by atoms with E-state index >= 15 is 0 Å². The van der Waals surface area contributed by atoms with Gasteiger partial charge in [-0.15, -0.1) is 0 Å². The zero-order valence-corrected chi connectivity index (χ0v) is 7.33. The molecule has 0 radical (unpaired) electrons. The van der Waals surface area contributed by atoms with Crippen molar-refractivity contribution in [1.29, 1.82) is 0 Å². The van der Waals surface area contributed by atoms with Gasteiger partial charge in [-0.1, -0.05) is 0 Å². The van der Waals surface area contributed by atoms with Crippen molar-refractivity contribution < 1.29 is 31.0 Å². The van der Waals surface area contributed by atoms with Gasteiger partial charge in [-0.3, -0.25) is 0 Å². The van der Waals surface area contributed by atoms with E-state index < -0.39 is 0 Å². The van der Waals surface area contributed by atoms with E-state index in [4.69, 9.17) is 5.73 Å². The number of nitrogens with two attached hydrogens (primary N) is 1. The monoisotopic (exact) mass is 186 g/mol. The summed E-state index contributed by atoms with van der Waals surface area (Å²) < 4.78 is 0.915. The Hall–Kier alpha value is 0.0439. The summed E-state index contributed by atoms with van der Waals surface area (Å²) in [6.45, 7) is 0. The molecule has 0 bridgehead atoms. The van der Waals surface area contributed by atoms with Crippen molar-refractivity contribution in [2.24, 2.45) is 7.05 Å². The molecule has 0 aliphatic rings. The van der Waals surface area contributed by atoms with Crippen molar-refractivity contribution in [2.45, 2.75) is 0 Å². The molecular weight excluding hydrogens is 181 g/mol. The molecule has 40 valence electrons. The van der Waals surface area contributed by atoms with Gasteiger partial charge >= 0.3 is 67.1 Å². The number of nitrogens with zero attached hydrogens (tertiary/aromatic N) is 3. The van der Waals surface area contributed by atoms with Crippen LogP contribution in [-0.4, -0.2) is 15.0 Å². The summed E-state index contributed by atoms with van der Waals surface area (Å²) in [5.41, 5.74) is 5.38. The number of hydrogen-bond donors (Lipinski definition) is 1. The molecule has 5 heteroatoms. The van der Waals surface area contributed by atoms with E-state index in [2.05, 4.69) is 10.2 Å². The molecule has 0 fully saturated rings. The number of hydrogen-bond acceptors (Lipinski definition) is 3. The minimum atomic E-state index is 0.565. The maximum atomic E-state index is 5.38. The van der Waals surface area contributed by atoms with Crippen LogP contribution in [0.3, 0.4) is 0 Å². The van der Waals surface area contributed by atoms with E-state index in [1.807, 2.05) is 0 Å². The van der Waals surface area contributed by atoms with Gasteiger partial charge in [-0.05, 0) is 0 Å². The van der Waals surface area contributed by atoms with Crippen LogP contribution in [0.15, 0.2) is 0 Å². The summed E-state index contributed by atoms with van der Waals surface area (Å²) in [6.07, 6.45) is 0. The van der Waals surface area contributed by atoms with Crippen LogP contribution in [0, 0.1) is 0 Å². The first-order valence-electron chi connectivity index (χ1n) is 2.12. The molecule has 0 unspecified atom stereocenters. The van der Waals surface area contributed by atoms with Gasteiger partial charge in [-0.2, -0.15) is 0 Å². The molecule has 8 heavy (non-hydrogen) atoms. The second-order valence-corrected chi connectivity index (χ2v) is 2.80. The van der Waals surface area contributed by atoms with Crippen molar-refractivity contribution in [2.75, 3.05) is 5.73 Å². The van der Waals surface area contributed by atoms with Crippen LogP contribution in [0.4, 0.5) is 5.82 Å². The topological polar surface area (TPSA) is 56.7 Å². The summed E-state index contributed by atoms with van der Waals surface area (Å²) in [6, 6.07) is 0. The third-order valence-electron chi connectivity index (χ3n) is 0.767. The fraction of sp³-hybridized carbons (Fsp3) is 0.333. The summed E-state index contributed by atoms with van der Waals surface area (Å²) in [4.78, 5) is 1.48. The molecule has 1 heterocycles. The fourth-order valence-electron chi connectivity index (χ4n) is 0.437. The molecule has 2 N–H and O–H groups in total. The van der Waals surface area contributed by atoms with Gasteiger partial charge in [0.15, 0.2) is 0 Å². The first kappa shape index (κ1) is 6.17. The molecule has 0 aromatic carbocycles. The molecule has 1 rings (SSSR count). The Morgan fingerprint density at radius 1 is 1.62 bits per heavy atom. The Labute approximate surface area is 66.9 Å². The Balaban J connectivity index is 3.14. The average molecular weight is 186 g/mol. The van der Waals surface area contributed by atoms with E-state index in [-0.39, 0.29) is 0 Å². The molecule has 1 aromatic rings. The number of aromatic nitrogens is 3. The number of anilines is 1. The number of nitrogen functional groups attached to an aromatic ring is 1. The van der Waals surface area contributed by atoms with Gasteiger partial charge in [-0.25, -0.2) is 0 Å². The van der Waals surface area contributed by atoms with Gasteiger partial charge in [0.25, 0.3) is 0 Å². The van der Waals surface area contributed by atoms with Crippen molar-refractivity contribution in [1.82, 2.24) is 15.0 Å². The van der Waals surface area contributed by atoms with Crippen molar-refractivity contribution in [3.63, 3.8) is 0 Å². The van der Waals surface area contributed by atoms with Gasteiger partial charge in [0.05, 0.1) is 0 Å². The molecule has 0 spiro atoms. The third-order valence-corrected chi connectivity index (χ3v) is 1.78. The molecule has 0 aliphatic heterocycles. The Bertz CT molecular complexity index is 174. The Morgan fingerprint density at radius 2 is 2.25 bits per heavy atom. The van der Waals surface area contributed by atoms with E-state index in [9.17, 15) is 0 Å². The van der Waals surface area contributed by atoms with E-state index in [0.717, 1.165) is 33.5 Å². The van der Waals surface area contributed by atoms with E-state index in [1.54, 1.807) is 7.05 Å². The summed E-state index contributed by atoms with van der Waals surface area (Å²) in [5, 5.41) is 7.78. The summed E-state index contributed by atoms with van der Waals surface area (Å²) in [7, 11) is 1.76. The van der Waals surface area contributed by atoms with Crippen LogP contribution in [0.2, 0.25) is 0 Å². The first-order valence-corrected chi connectivity index (χ1v) is 3.54. The summed E-state index contributed by atoms with van der Waals surface area (Å²) >= 11 is 0.938. The van der Waals surface area contributed by atoms with Crippen molar-refractivity contribution in [3.05, 3.63) is 0 Å². The summed E-state index contributed by atoms with van der Waals surface area (Å²) in [5.74, 6) is 0.565. The van der Waals surface area contributed by atoms with Gasteiger partial charge in [0.2, 0.25) is 0 Å². The van der Waals surface area contributed by atoms with Gasteiger partial charge in [0.1, 0.15) is 0 Å². The Kier molecular flexibility index (Phi) is 1.63. The van der Waals surface area contributed by atoms with Crippen molar-refractivity contribution >= 4 is 8.32 Å². The zero-order valence-electron chi connectivity index (χ0n) is 4.50. The van der Waals surface area contributed by atoms with Crippen LogP contribution in [0.1, 0.15) is 0 Å². The second-order valence-electron chi connectivity index (χ2n) is 1.46. The maximum absolute atomic E-state index is 5.38. The molecule has 0 atom stereocenters. The minimum absolute atomic E-state index is 0.565. The fourth-order valence-corrected chi connectivity index (χ4v) is 0.989. The molecule has 4 nitrogen and oxygen atoms in total. The standard InChI is InChI=1S/C3H5N4.Y/c1-7-5-2-3(4)6-7;/h1H3,(H2,4,6);. The predicted octanol–water partition coefficient (Wildman–Crippen LogP) is -1.43. The Morgan fingerprint density at radius 3 is 2.38 bits per heavy atom. The van der Waals surface area contributed by atoms with E-state index in [1.165, 1.54) is 4.80 Å². The first-order chi connectivity index (χ1) is 3.70. The second kappa shape index (κ2) is 2.11. The molecular formula is C3H5N4Y. The quantitative estimate of drug-likeness (QED) is 0.540. The molecule has 0 saturated heterocycles. The normalized spacial score (nSPS) is 9.50. The number of rotatable bonds is 0. The van der Waals surface area contributed by atoms with Crippen LogP contribution in [0.5, 0.6) is 0 Å². The van der Waals surface area contributed by atoms with Crippen molar-refractivity contribution in [3.8, 4) is 0 Å². The molecule has 0 amide bonds. The molecule has 0 saturated carbocycles. The SMILES string of the molecule is Cn1nc(N)[c]([Y])n1. The van der Waals surface area contributed by atoms with Crippen LogP contribution < -0.4 is 8.24 Å². The molecule has 0 aliphatic carbocycles. The molecule has 1 aromatic heterocycles.